The number of aryl methyl sites for hydroxylation is 2. The molecule has 0 saturated heterocycles. The second kappa shape index (κ2) is 7.32. The van der Waals surface area contributed by atoms with Crippen molar-refractivity contribution in [2.45, 2.75) is 17.7 Å². The first-order chi connectivity index (χ1) is 12.7. The lowest BCUT2D eigenvalue weighted by atomic mass is 10.1. The molecule has 0 unspecified atom stereocenters. The van der Waals surface area contributed by atoms with Crippen LogP contribution in [0.5, 0.6) is 0 Å². The molecule has 0 aliphatic carbocycles. The number of imidazole rings is 1. The molecule has 0 spiro atoms. The summed E-state index contributed by atoms with van der Waals surface area (Å²) < 4.78 is 13.0. The van der Waals surface area contributed by atoms with Crippen molar-refractivity contribution in [3.63, 3.8) is 0 Å². The van der Waals surface area contributed by atoms with Crippen LogP contribution >= 0.6 is 11.9 Å². The molecule has 130 valence electrons. The molecule has 3 nitrogen and oxygen atoms in total. The van der Waals surface area contributed by atoms with Gasteiger partial charge >= 0.3 is 0 Å². The summed E-state index contributed by atoms with van der Waals surface area (Å²) >= 11 is 1.26. The molecule has 0 atom stereocenters. The molecule has 4 aromatic rings. The maximum absolute atomic E-state index is 13.0. The van der Waals surface area contributed by atoms with E-state index < -0.39 is 0 Å². The summed E-state index contributed by atoms with van der Waals surface area (Å²) in [6, 6.07) is 20.9. The Morgan fingerprint density at radius 1 is 0.962 bits per heavy atom. The maximum Gasteiger partial charge on any atom is 0.123 e. The van der Waals surface area contributed by atoms with Crippen LogP contribution in [0.15, 0.2) is 71.6 Å². The Labute approximate surface area is 155 Å². The zero-order valence-electron chi connectivity index (χ0n) is 14.1. The molecule has 0 amide bonds. The van der Waals surface area contributed by atoms with Gasteiger partial charge in [0.15, 0.2) is 0 Å². The molecule has 5 heteroatoms. The molecule has 0 aliphatic heterocycles. The molecular formula is C21H18FN3S. The fourth-order valence-corrected chi connectivity index (χ4v) is 3.54. The molecular weight excluding hydrogens is 345 g/mol. The second-order valence-electron chi connectivity index (χ2n) is 6.16. The van der Waals surface area contributed by atoms with Crippen molar-refractivity contribution in [1.82, 2.24) is 9.97 Å². The molecule has 0 bridgehead atoms. The smallest absolute Gasteiger partial charge is 0.123 e. The van der Waals surface area contributed by atoms with Crippen LogP contribution < -0.4 is 5.14 Å². The number of halogens is 1. The minimum absolute atomic E-state index is 0.207. The molecule has 1 aromatic heterocycles. The highest BCUT2D eigenvalue weighted by Gasteiger charge is 2.08. The normalized spacial score (nSPS) is 11.2. The molecule has 4 rings (SSSR count). The predicted molar refractivity (Wildman–Crippen MR) is 105 cm³/mol. The van der Waals surface area contributed by atoms with Crippen molar-refractivity contribution in [2.75, 3.05) is 0 Å². The number of fused-ring (bicyclic) bond motifs is 1. The number of hydrogen-bond acceptors (Lipinski definition) is 3. The van der Waals surface area contributed by atoms with Crippen LogP contribution in [0.4, 0.5) is 4.39 Å². The van der Waals surface area contributed by atoms with E-state index in [2.05, 4.69) is 28.2 Å². The highest BCUT2D eigenvalue weighted by molar-refractivity contribution is 7.97. The Balaban J connectivity index is 1.58. The van der Waals surface area contributed by atoms with Gasteiger partial charge in [0.05, 0.1) is 11.0 Å². The van der Waals surface area contributed by atoms with Gasteiger partial charge in [-0.25, -0.2) is 9.37 Å². The van der Waals surface area contributed by atoms with Crippen LogP contribution in [0.1, 0.15) is 11.4 Å². The summed E-state index contributed by atoms with van der Waals surface area (Å²) in [5.41, 5.74) is 5.28. The van der Waals surface area contributed by atoms with E-state index in [1.54, 1.807) is 0 Å². The average molecular weight is 363 g/mol. The van der Waals surface area contributed by atoms with Gasteiger partial charge < -0.3 is 4.98 Å². The highest BCUT2D eigenvalue weighted by Crippen LogP contribution is 2.30. The molecule has 3 N–H and O–H groups in total. The van der Waals surface area contributed by atoms with Gasteiger partial charge in [0.2, 0.25) is 0 Å². The lowest BCUT2D eigenvalue weighted by Crippen LogP contribution is -1.93. The Morgan fingerprint density at radius 3 is 2.58 bits per heavy atom. The lowest BCUT2D eigenvalue weighted by Gasteiger charge is -2.06. The number of nitrogens with one attached hydrogen (secondary N) is 1. The van der Waals surface area contributed by atoms with E-state index >= 15 is 0 Å². The van der Waals surface area contributed by atoms with Gasteiger partial charge in [-0.05, 0) is 65.4 Å². The quantitative estimate of drug-likeness (QED) is 0.484. The number of aromatic nitrogens is 2. The van der Waals surface area contributed by atoms with Gasteiger partial charge in [0.1, 0.15) is 11.6 Å². The van der Waals surface area contributed by atoms with Gasteiger partial charge in [-0.15, -0.1) is 0 Å². The highest BCUT2D eigenvalue weighted by atomic mass is 32.2. The van der Waals surface area contributed by atoms with Crippen molar-refractivity contribution in [3.8, 4) is 11.1 Å². The zero-order valence-corrected chi connectivity index (χ0v) is 14.9. The van der Waals surface area contributed by atoms with E-state index in [4.69, 9.17) is 5.14 Å². The average Bonchev–Trinajstić information content (AvgIpc) is 3.09. The molecule has 1 heterocycles. The monoisotopic (exact) mass is 363 g/mol. The SMILES string of the molecule is NSc1ccccc1-c1ccc2nc(CCc3ccc(F)cc3)[nH]c2c1. The van der Waals surface area contributed by atoms with Crippen LogP contribution in [0.3, 0.4) is 0 Å². The fraction of sp³-hybridized carbons (Fsp3) is 0.0952. The number of nitrogens with two attached hydrogens (primary N) is 1. The number of rotatable bonds is 5. The molecule has 26 heavy (non-hydrogen) atoms. The summed E-state index contributed by atoms with van der Waals surface area (Å²) in [6.45, 7) is 0. The van der Waals surface area contributed by atoms with E-state index in [1.165, 1.54) is 24.1 Å². The lowest BCUT2D eigenvalue weighted by molar-refractivity contribution is 0.627. The van der Waals surface area contributed by atoms with Gasteiger partial charge in [0, 0.05) is 11.3 Å². The molecule has 0 radical (unpaired) electrons. The van der Waals surface area contributed by atoms with Crippen LogP contribution in [-0.2, 0) is 12.8 Å². The summed E-state index contributed by atoms with van der Waals surface area (Å²) in [6.07, 6.45) is 1.60. The van der Waals surface area contributed by atoms with E-state index in [0.29, 0.717) is 0 Å². The molecule has 0 aliphatic rings. The molecule has 0 fully saturated rings. The van der Waals surface area contributed by atoms with E-state index in [0.717, 1.165) is 51.3 Å². The first-order valence-corrected chi connectivity index (χ1v) is 9.30. The van der Waals surface area contributed by atoms with Gasteiger partial charge in [-0.1, -0.05) is 36.4 Å². The van der Waals surface area contributed by atoms with E-state index in [1.807, 2.05) is 36.4 Å². The fourth-order valence-electron chi connectivity index (χ4n) is 3.07. The first kappa shape index (κ1) is 16.8. The van der Waals surface area contributed by atoms with Crippen molar-refractivity contribution >= 4 is 23.0 Å². The topological polar surface area (TPSA) is 54.7 Å². The Kier molecular flexibility index (Phi) is 4.73. The van der Waals surface area contributed by atoms with Gasteiger partial charge in [0.25, 0.3) is 0 Å². The van der Waals surface area contributed by atoms with Crippen LogP contribution in [0, 0.1) is 5.82 Å². The Morgan fingerprint density at radius 2 is 1.77 bits per heavy atom. The number of benzene rings is 3. The third-order valence-electron chi connectivity index (χ3n) is 4.42. The van der Waals surface area contributed by atoms with E-state index in [9.17, 15) is 4.39 Å². The van der Waals surface area contributed by atoms with Crippen molar-refractivity contribution in [3.05, 3.63) is 83.9 Å². The van der Waals surface area contributed by atoms with Crippen molar-refractivity contribution < 1.29 is 4.39 Å². The van der Waals surface area contributed by atoms with Crippen molar-refractivity contribution in [2.24, 2.45) is 5.14 Å². The Hall–Kier alpha value is -2.63. The van der Waals surface area contributed by atoms with Gasteiger partial charge in [-0.3, -0.25) is 5.14 Å². The third kappa shape index (κ3) is 3.49. The summed E-state index contributed by atoms with van der Waals surface area (Å²) in [7, 11) is 0. The third-order valence-corrected chi connectivity index (χ3v) is 5.03. The standard InChI is InChI=1S/C21H18FN3S/c22-16-9-5-14(6-10-16)7-12-21-24-18-11-8-15(13-19(18)25-21)17-3-1-2-4-20(17)26-23/h1-6,8-11,13H,7,12,23H2,(H,24,25). The largest absolute Gasteiger partial charge is 0.342 e. The summed E-state index contributed by atoms with van der Waals surface area (Å²) in [4.78, 5) is 9.11. The number of aromatic amines is 1. The number of hydrogen-bond donors (Lipinski definition) is 2. The zero-order chi connectivity index (χ0) is 17.9. The number of H-pyrrole nitrogens is 1. The second-order valence-corrected chi connectivity index (χ2v) is 6.83. The molecule has 3 aromatic carbocycles. The number of nitrogens with zero attached hydrogens (tertiary/aromatic N) is 1. The van der Waals surface area contributed by atoms with Crippen LogP contribution in [0.2, 0.25) is 0 Å². The van der Waals surface area contributed by atoms with E-state index in [-0.39, 0.29) is 5.82 Å². The first-order valence-electron chi connectivity index (χ1n) is 8.42. The minimum Gasteiger partial charge on any atom is -0.342 e. The van der Waals surface area contributed by atoms with Gasteiger partial charge in [-0.2, -0.15) is 0 Å². The summed E-state index contributed by atoms with van der Waals surface area (Å²) in [5.74, 6) is 0.726. The maximum atomic E-state index is 13.0. The van der Waals surface area contributed by atoms with Crippen molar-refractivity contribution in [1.29, 1.82) is 0 Å². The summed E-state index contributed by atoms with van der Waals surface area (Å²) in [5, 5.41) is 5.78. The predicted octanol–water partition coefficient (Wildman–Crippen LogP) is 5.12. The molecule has 0 saturated carbocycles. The van der Waals surface area contributed by atoms with Crippen LogP contribution in [0.25, 0.3) is 22.2 Å². The van der Waals surface area contributed by atoms with Crippen LogP contribution in [-0.4, -0.2) is 9.97 Å². The minimum atomic E-state index is -0.207. The Bertz CT molecular complexity index is 1040.